The zero-order valence-electron chi connectivity index (χ0n) is 10.1. The quantitative estimate of drug-likeness (QED) is 0.605. The Hall–Kier alpha value is -1.45. The molecule has 0 aliphatic heterocycles. The number of hydrogen-bond acceptors (Lipinski definition) is 3. The van der Waals surface area contributed by atoms with E-state index in [1.54, 1.807) is 11.3 Å². The highest BCUT2D eigenvalue weighted by Gasteiger charge is 2.11. The maximum atomic E-state index is 6.18. The minimum absolute atomic E-state index is 0.523. The summed E-state index contributed by atoms with van der Waals surface area (Å²) in [5, 5.41) is 3.57. The van der Waals surface area contributed by atoms with Crippen molar-refractivity contribution in [3.05, 3.63) is 46.2 Å². The first-order chi connectivity index (χ1) is 8.66. The normalized spacial score (nSPS) is 11.1. The van der Waals surface area contributed by atoms with Crippen LogP contribution in [0, 0.1) is 13.8 Å². The maximum Gasteiger partial charge on any atom is 0.141 e. The molecule has 0 saturated heterocycles. The van der Waals surface area contributed by atoms with E-state index in [9.17, 15) is 0 Å². The van der Waals surface area contributed by atoms with Crippen LogP contribution in [0.2, 0.25) is 5.15 Å². The molecular formula is C14H11ClN2S. The van der Waals surface area contributed by atoms with Crippen molar-refractivity contribution in [3.63, 3.8) is 0 Å². The molecular weight excluding hydrogens is 264 g/mol. The zero-order valence-corrected chi connectivity index (χ0v) is 11.6. The van der Waals surface area contributed by atoms with Crippen LogP contribution in [0.25, 0.3) is 21.3 Å². The Kier molecular flexibility index (Phi) is 2.80. The molecule has 3 rings (SSSR count). The van der Waals surface area contributed by atoms with Crippen molar-refractivity contribution in [1.82, 2.24) is 9.97 Å². The fourth-order valence-electron chi connectivity index (χ4n) is 1.96. The molecule has 0 atom stereocenters. The Morgan fingerprint density at radius 3 is 2.72 bits per heavy atom. The number of aryl methyl sites for hydroxylation is 2. The summed E-state index contributed by atoms with van der Waals surface area (Å²) in [6.45, 7) is 4.23. The molecule has 90 valence electrons. The van der Waals surface area contributed by atoms with Crippen LogP contribution in [0.5, 0.6) is 0 Å². The van der Waals surface area contributed by atoms with E-state index >= 15 is 0 Å². The predicted octanol–water partition coefficient (Wildman–Crippen LogP) is 4.63. The monoisotopic (exact) mass is 274 g/mol. The van der Waals surface area contributed by atoms with Gasteiger partial charge in [-0.25, -0.2) is 9.97 Å². The third-order valence-corrected chi connectivity index (χ3v) is 4.31. The molecule has 0 aliphatic rings. The van der Waals surface area contributed by atoms with Gasteiger partial charge in [-0.15, -0.1) is 11.3 Å². The summed E-state index contributed by atoms with van der Waals surface area (Å²) in [5.41, 5.74) is 4.85. The molecule has 0 unspecified atom stereocenters. The smallest absolute Gasteiger partial charge is 0.141 e. The molecule has 18 heavy (non-hydrogen) atoms. The lowest BCUT2D eigenvalue weighted by atomic mass is 10.0. The summed E-state index contributed by atoms with van der Waals surface area (Å²) < 4.78 is 0. The lowest BCUT2D eigenvalue weighted by Gasteiger charge is -2.04. The molecule has 0 spiro atoms. The third kappa shape index (κ3) is 1.80. The first kappa shape index (κ1) is 11.6. The van der Waals surface area contributed by atoms with Gasteiger partial charge in [0.15, 0.2) is 0 Å². The van der Waals surface area contributed by atoms with Crippen LogP contribution in [0.1, 0.15) is 11.1 Å². The van der Waals surface area contributed by atoms with Gasteiger partial charge in [0.25, 0.3) is 0 Å². The summed E-state index contributed by atoms with van der Waals surface area (Å²) >= 11 is 7.78. The summed E-state index contributed by atoms with van der Waals surface area (Å²) in [5.74, 6) is 0. The molecule has 1 aromatic carbocycles. The van der Waals surface area contributed by atoms with Gasteiger partial charge >= 0.3 is 0 Å². The number of aromatic nitrogens is 2. The van der Waals surface area contributed by atoms with E-state index in [4.69, 9.17) is 11.6 Å². The summed E-state index contributed by atoms with van der Waals surface area (Å²) in [6, 6.07) is 6.43. The molecule has 0 fully saturated rings. The maximum absolute atomic E-state index is 6.18. The summed E-state index contributed by atoms with van der Waals surface area (Å²) in [7, 11) is 0. The second-order valence-electron chi connectivity index (χ2n) is 4.29. The SMILES string of the molecule is Cc1ccc(-c2csc3ncnc(Cl)c23)cc1C. The lowest BCUT2D eigenvalue weighted by molar-refractivity contribution is 1.23. The largest absolute Gasteiger partial charge is 0.225 e. The number of benzene rings is 1. The summed E-state index contributed by atoms with van der Waals surface area (Å²) in [6.07, 6.45) is 1.51. The van der Waals surface area contributed by atoms with Crippen molar-refractivity contribution in [1.29, 1.82) is 0 Å². The van der Waals surface area contributed by atoms with Gasteiger partial charge in [-0.3, -0.25) is 0 Å². The topological polar surface area (TPSA) is 25.8 Å². The van der Waals surface area contributed by atoms with E-state index in [1.807, 2.05) is 0 Å². The third-order valence-electron chi connectivity index (χ3n) is 3.14. The van der Waals surface area contributed by atoms with Crippen LogP contribution in [0.4, 0.5) is 0 Å². The van der Waals surface area contributed by atoms with E-state index in [-0.39, 0.29) is 0 Å². The van der Waals surface area contributed by atoms with Crippen LogP contribution in [0.3, 0.4) is 0 Å². The van der Waals surface area contributed by atoms with Crippen LogP contribution < -0.4 is 0 Å². The number of thiophene rings is 1. The van der Waals surface area contributed by atoms with Gasteiger partial charge in [0.1, 0.15) is 16.3 Å². The molecule has 0 amide bonds. The molecule has 0 aliphatic carbocycles. The Labute approximate surface area is 114 Å². The van der Waals surface area contributed by atoms with Crippen molar-refractivity contribution in [2.75, 3.05) is 0 Å². The van der Waals surface area contributed by atoms with Crippen LogP contribution in [0.15, 0.2) is 29.9 Å². The predicted molar refractivity (Wildman–Crippen MR) is 77.3 cm³/mol. The molecule has 2 nitrogen and oxygen atoms in total. The van der Waals surface area contributed by atoms with Gasteiger partial charge in [0, 0.05) is 10.9 Å². The Balaban J connectivity index is 2.28. The van der Waals surface area contributed by atoms with E-state index in [0.717, 1.165) is 15.8 Å². The molecule has 3 aromatic rings. The Morgan fingerprint density at radius 2 is 1.94 bits per heavy atom. The van der Waals surface area contributed by atoms with Gasteiger partial charge in [-0.05, 0) is 30.5 Å². The zero-order chi connectivity index (χ0) is 12.7. The van der Waals surface area contributed by atoms with E-state index in [0.29, 0.717) is 5.15 Å². The molecule has 4 heteroatoms. The minimum atomic E-state index is 0.523. The standard InChI is InChI=1S/C14H11ClN2S/c1-8-3-4-10(5-9(8)2)11-6-18-14-12(11)13(15)16-7-17-14/h3-7H,1-2H3. The fraction of sp³-hybridized carbons (Fsp3) is 0.143. The van der Waals surface area contributed by atoms with E-state index < -0.39 is 0 Å². The number of halogens is 1. The highest BCUT2D eigenvalue weighted by atomic mass is 35.5. The van der Waals surface area contributed by atoms with Crippen molar-refractivity contribution in [2.45, 2.75) is 13.8 Å². The first-order valence-electron chi connectivity index (χ1n) is 5.62. The highest BCUT2D eigenvalue weighted by molar-refractivity contribution is 7.17. The van der Waals surface area contributed by atoms with Crippen LogP contribution in [-0.2, 0) is 0 Å². The molecule has 0 bridgehead atoms. The number of rotatable bonds is 1. The number of hydrogen-bond donors (Lipinski definition) is 0. The average molecular weight is 275 g/mol. The van der Waals surface area contributed by atoms with Crippen LogP contribution >= 0.6 is 22.9 Å². The first-order valence-corrected chi connectivity index (χ1v) is 6.88. The Bertz CT molecular complexity index is 734. The van der Waals surface area contributed by atoms with Gasteiger partial charge in [-0.1, -0.05) is 29.8 Å². The highest BCUT2D eigenvalue weighted by Crippen LogP contribution is 2.36. The van der Waals surface area contributed by atoms with Crippen molar-refractivity contribution >= 4 is 33.2 Å². The van der Waals surface area contributed by atoms with Gasteiger partial charge in [0.05, 0.1) is 5.39 Å². The average Bonchev–Trinajstić information content (AvgIpc) is 2.78. The Morgan fingerprint density at radius 1 is 1.11 bits per heavy atom. The van der Waals surface area contributed by atoms with Crippen molar-refractivity contribution < 1.29 is 0 Å². The van der Waals surface area contributed by atoms with Gasteiger partial charge in [-0.2, -0.15) is 0 Å². The lowest BCUT2D eigenvalue weighted by Crippen LogP contribution is -1.84. The summed E-state index contributed by atoms with van der Waals surface area (Å²) in [4.78, 5) is 9.25. The van der Waals surface area contributed by atoms with Gasteiger partial charge < -0.3 is 0 Å². The van der Waals surface area contributed by atoms with Crippen molar-refractivity contribution in [3.8, 4) is 11.1 Å². The van der Waals surface area contributed by atoms with Gasteiger partial charge in [0.2, 0.25) is 0 Å². The molecule has 2 aromatic heterocycles. The number of nitrogens with zero attached hydrogens (tertiary/aromatic N) is 2. The van der Waals surface area contributed by atoms with E-state index in [1.165, 1.54) is 23.0 Å². The molecule has 0 saturated carbocycles. The van der Waals surface area contributed by atoms with Crippen LogP contribution in [-0.4, -0.2) is 9.97 Å². The van der Waals surface area contributed by atoms with E-state index in [2.05, 4.69) is 47.4 Å². The second kappa shape index (κ2) is 4.34. The molecule has 2 heterocycles. The fourth-order valence-corrected chi connectivity index (χ4v) is 3.17. The molecule has 0 radical (unpaired) electrons. The van der Waals surface area contributed by atoms with Crippen molar-refractivity contribution in [2.24, 2.45) is 0 Å². The minimum Gasteiger partial charge on any atom is -0.225 e. The molecule has 0 N–H and O–H groups in total. The second-order valence-corrected chi connectivity index (χ2v) is 5.51. The number of fused-ring (bicyclic) bond motifs is 1.